The first-order chi connectivity index (χ1) is 21.5. The highest BCUT2D eigenvalue weighted by Gasteiger charge is 2.30. The molecule has 0 amide bonds. The fourth-order valence-electron chi connectivity index (χ4n) is 5.76. The lowest BCUT2D eigenvalue weighted by Gasteiger charge is -2.20. The SMILES string of the molecule is C/C=C(\C=C(\CNCC1=C/C=C\CC/C=C\1)C(C)C)C1=CCC2NN=C(c3nc4c(-c5cccc(F)c5)cncc4[nH]3)C2=C1. The summed E-state index contributed by atoms with van der Waals surface area (Å²) in [6.45, 7) is 8.27. The standard InChI is InChI=1S/C37H39FN6/c1-4-26(17-29(24(2)3)21-39-20-25-11-8-6-5-7-9-12-25)27-15-16-33-31(19-27)36(44-43-33)37-41-34-23-40-22-32(35(34)42-37)28-13-10-14-30(38)18-28/h4,6,8-15,17-19,22-24,33,39,43H,5,7,16,20-21H2,1-3H3,(H,41,42)/b8-6-,12-9-,25-11+,26-4+,29-17-. The van der Waals surface area contributed by atoms with Crippen LogP contribution >= 0.6 is 0 Å². The summed E-state index contributed by atoms with van der Waals surface area (Å²) in [5, 5.41) is 8.36. The molecular weight excluding hydrogens is 547 g/mol. The third-order valence-electron chi connectivity index (χ3n) is 8.28. The number of imidazole rings is 1. The van der Waals surface area contributed by atoms with Crippen LogP contribution in [0.2, 0.25) is 0 Å². The third-order valence-corrected chi connectivity index (χ3v) is 8.28. The quantitative estimate of drug-likeness (QED) is 0.225. The van der Waals surface area contributed by atoms with Gasteiger partial charge in [0, 0.05) is 30.4 Å². The first-order valence-electron chi connectivity index (χ1n) is 15.5. The summed E-state index contributed by atoms with van der Waals surface area (Å²) in [6.07, 6.45) is 26.6. The number of aromatic nitrogens is 3. The second kappa shape index (κ2) is 13.3. The highest BCUT2D eigenvalue weighted by molar-refractivity contribution is 6.14. The third kappa shape index (κ3) is 6.48. The molecule has 2 aromatic heterocycles. The second-order valence-corrected chi connectivity index (χ2v) is 11.7. The van der Waals surface area contributed by atoms with Crippen LogP contribution in [0.15, 0.2) is 124 Å². The molecule has 0 saturated carbocycles. The second-order valence-electron chi connectivity index (χ2n) is 11.7. The number of nitrogens with one attached hydrogen (secondary N) is 3. The van der Waals surface area contributed by atoms with Crippen molar-refractivity contribution in [2.45, 2.75) is 46.1 Å². The molecule has 3 aliphatic rings. The summed E-state index contributed by atoms with van der Waals surface area (Å²) >= 11 is 0. The molecule has 0 bridgehead atoms. The van der Waals surface area contributed by atoms with E-state index in [1.54, 1.807) is 18.5 Å². The van der Waals surface area contributed by atoms with Crippen LogP contribution in [-0.4, -0.2) is 39.8 Å². The number of allylic oxidation sites excluding steroid dienone is 9. The molecule has 44 heavy (non-hydrogen) atoms. The Morgan fingerprint density at radius 3 is 2.91 bits per heavy atom. The molecule has 1 atom stereocenters. The van der Waals surface area contributed by atoms with Crippen LogP contribution in [0.5, 0.6) is 0 Å². The van der Waals surface area contributed by atoms with Crippen LogP contribution in [0.3, 0.4) is 0 Å². The monoisotopic (exact) mass is 586 g/mol. The Morgan fingerprint density at radius 2 is 2.07 bits per heavy atom. The molecule has 3 aromatic rings. The number of rotatable bonds is 9. The molecule has 6 nitrogen and oxygen atoms in total. The van der Waals surface area contributed by atoms with Crippen LogP contribution in [0, 0.1) is 11.7 Å². The zero-order valence-corrected chi connectivity index (χ0v) is 25.6. The van der Waals surface area contributed by atoms with E-state index in [1.165, 1.54) is 34.4 Å². The Kier molecular flexibility index (Phi) is 8.94. The van der Waals surface area contributed by atoms with Gasteiger partial charge in [-0.25, -0.2) is 9.37 Å². The van der Waals surface area contributed by atoms with Gasteiger partial charge in [-0.05, 0) is 72.6 Å². The fraction of sp³-hybridized carbons (Fsp3) is 0.270. The maximum absolute atomic E-state index is 14.0. The Balaban J connectivity index is 1.23. The van der Waals surface area contributed by atoms with E-state index in [9.17, 15) is 4.39 Å². The minimum Gasteiger partial charge on any atom is -0.335 e. The summed E-state index contributed by atoms with van der Waals surface area (Å²) in [6, 6.07) is 6.61. The zero-order chi connectivity index (χ0) is 30.5. The molecule has 3 heterocycles. The maximum Gasteiger partial charge on any atom is 0.159 e. The first kappa shape index (κ1) is 29.5. The van der Waals surface area contributed by atoms with Crippen molar-refractivity contribution >= 4 is 16.7 Å². The molecule has 0 spiro atoms. The normalized spacial score (nSPS) is 21.4. The molecule has 1 aromatic carbocycles. The molecule has 7 heteroatoms. The predicted molar refractivity (Wildman–Crippen MR) is 179 cm³/mol. The summed E-state index contributed by atoms with van der Waals surface area (Å²) < 4.78 is 14.0. The number of H-pyrrole nitrogens is 1. The Bertz CT molecular complexity index is 1790. The van der Waals surface area contributed by atoms with E-state index in [2.05, 4.69) is 96.2 Å². The number of aromatic amines is 1. The summed E-state index contributed by atoms with van der Waals surface area (Å²) in [7, 11) is 0. The highest BCUT2D eigenvalue weighted by atomic mass is 19.1. The molecule has 224 valence electrons. The van der Waals surface area contributed by atoms with Gasteiger partial charge in [0.1, 0.15) is 11.5 Å². The number of nitrogens with zero attached hydrogens (tertiary/aromatic N) is 3. The van der Waals surface area contributed by atoms with Gasteiger partial charge in [-0.2, -0.15) is 5.10 Å². The largest absolute Gasteiger partial charge is 0.335 e. The van der Waals surface area contributed by atoms with Gasteiger partial charge in [-0.15, -0.1) is 0 Å². The number of fused-ring (bicyclic) bond motifs is 2. The van der Waals surface area contributed by atoms with Gasteiger partial charge < -0.3 is 15.7 Å². The van der Waals surface area contributed by atoms with E-state index in [-0.39, 0.29) is 11.9 Å². The highest BCUT2D eigenvalue weighted by Crippen LogP contribution is 2.32. The van der Waals surface area contributed by atoms with E-state index >= 15 is 0 Å². The van der Waals surface area contributed by atoms with Crippen LogP contribution in [0.1, 0.15) is 45.9 Å². The topological polar surface area (TPSA) is 78.0 Å². The lowest BCUT2D eigenvalue weighted by atomic mass is 9.87. The minimum absolute atomic E-state index is 0.0928. The smallest absolute Gasteiger partial charge is 0.159 e. The van der Waals surface area contributed by atoms with Gasteiger partial charge in [0.05, 0.1) is 23.3 Å². The van der Waals surface area contributed by atoms with Gasteiger partial charge in [0.2, 0.25) is 0 Å². The van der Waals surface area contributed by atoms with Crippen molar-refractivity contribution in [2.24, 2.45) is 11.0 Å². The van der Waals surface area contributed by atoms with Crippen LogP contribution in [0.4, 0.5) is 4.39 Å². The van der Waals surface area contributed by atoms with Crippen LogP contribution < -0.4 is 10.7 Å². The molecule has 0 radical (unpaired) electrons. The fourth-order valence-corrected chi connectivity index (χ4v) is 5.76. The van der Waals surface area contributed by atoms with E-state index in [1.807, 2.05) is 6.07 Å². The summed E-state index contributed by atoms with van der Waals surface area (Å²) in [4.78, 5) is 12.7. The van der Waals surface area contributed by atoms with Gasteiger partial charge in [0.25, 0.3) is 0 Å². The maximum atomic E-state index is 14.0. The van der Waals surface area contributed by atoms with Crippen molar-refractivity contribution in [2.75, 3.05) is 13.1 Å². The van der Waals surface area contributed by atoms with Crippen LogP contribution in [0.25, 0.3) is 22.2 Å². The Morgan fingerprint density at radius 1 is 1.18 bits per heavy atom. The molecule has 0 fully saturated rings. The number of hydrogen-bond donors (Lipinski definition) is 3. The Labute approximate surface area is 258 Å². The number of hydrogen-bond acceptors (Lipinski definition) is 5. The average molecular weight is 587 g/mol. The van der Waals surface area contributed by atoms with Gasteiger partial charge in [-0.1, -0.05) is 80.2 Å². The summed E-state index contributed by atoms with van der Waals surface area (Å²) in [5.74, 6) is 0.789. The number of pyridine rings is 1. The van der Waals surface area contributed by atoms with Crippen molar-refractivity contribution in [3.05, 3.63) is 131 Å². The molecule has 1 aliphatic heterocycles. The Hall–Kier alpha value is -4.62. The van der Waals surface area contributed by atoms with Crippen molar-refractivity contribution in [1.82, 2.24) is 25.7 Å². The van der Waals surface area contributed by atoms with Gasteiger partial charge >= 0.3 is 0 Å². The van der Waals surface area contributed by atoms with Gasteiger partial charge in [-0.3, -0.25) is 4.98 Å². The minimum atomic E-state index is -0.290. The van der Waals surface area contributed by atoms with E-state index in [0.29, 0.717) is 11.7 Å². The molecule has 2 aliphatic carbocycles. The van der Waals surface area contributed by atoms with E-state index in [4.69, 9.17) is 10.1 Å². The molecule has 0 saturated heterocycles. The van der Waals surface area contributed by atoms with E-state index in [0.717, 1.165) is 65.8 Å². The lowest BCUT2D eigenvalue weighted by molar-refractivity contribution is 0.628. The number of halogens is 1. The first-order valence-corrected chi connectivity index (χ1v) is 15.5. The van der Waals surface area contributed by atoms with Crippen molar-refractivity contribution in [3.63, 3.8) is 0 Å². The zero-order valence-electron chi connectivity index (χ0n) is 25.6. The molecule has 1 unspecified atom stereocenters. The van der Waals surface area contributed by atoms with Crippen molar-refractivity contribution in [3.8, 4) is 11.1 Å². The molecule has 3 N–H and O–H groups in total. The molecule has 6 rings (SSSR count). The predicted octanol–water partition coefficient (Wildman–Crippen LogP) is 7.65. The lowest BCUT2D eigenvalue weighted by Crippen LogP contribution is -2.24. The average Bonchev–Trinajstić information content (AvgIpc) is 3.63. The van der Waals surface area contributed by atoms with E-state index < -0.39 is 0 Å². The van der Waals surface area contributed by atoms with Crippen molar-refractivity contribution < 1.29 is 4.39 Å². The molecular formula is C37H39FN6. The summed E-state index contributed by atoms with van der Waals surface area (Å²) in [5.41, 5.74) is 13.3. The van der Waals surface area contributed by atoms with Crippen molar-refractivity contribution in [1.29, 1.82) is 0 Å². The van der Waals surface area contributed by atoms with Crippen LogP contribution in [-0.2, 0) is 0 Å². The number of benzene rings is 1. The van der Waals surface area contributed by atoms with Gasteiger partial charge in [0.15, 0.2) is 5.82 Å². The number of hydrazone groups is 1.